The Morgan fingerprint density at radius 3 is 1.65 bits per heavy atom. The molecule has 0 spiro atoms. The van der Waals surface area contributed by atoms with E-state index in [9.17, 15) is 0 Å². The van der Waals surface area contributed by atoms with Gasteiger partial charge in [0, 0.05) is 39.0 Å². The molecule has 0 atom stereocenters. The molecule has 0 bridgehead atoms. The number of aromatic nitrogens is 4. The maximum Gasteiger partial charge on any atom is 0.160 e. The number of hydrogen-bond acceptors (Lipinski definition) is 4. The number of para-hydroxylation sites is 1. The maximum absolute atomic E-state index is 5.39. The summed E-state index contributed by atoms with van der Waals surface area (Å²) in [5.74, 6) is 0.646. The van der Waals surface area contributed by atoms with E-state index in [1.54, 1.807) is 6.20 Å². The van der Waals surface area contributed by atoms with Crippen molar-refractivity contribution >= 4 is 43.2 Å². The van der Waals surface area contributed by atoms with Crippen LogP contribution in [-0.4, -0.2) is 19.9 Å². The molecule has 10 aromatic rings. The van der Waals surface area contributed by atoms with E-state index in [0.717, 1.165) is 66.9 Å². The third kappa shape index (κ3) is 5.09. The lowest BCUT2D eigenvalue weighted by Crippen LogP contribution is -1.97. The average Bonchev–Trinajstić information content (AvgIpc) is 3.24. The lowest BCUT2D eigenvalue weighted by molar-refractivity contribution is 1.16. The minimum atomic E-state index is 0.646. The Morgan fingerprint density at radius 1 is 0.308 bits per heavy atom. The number of hydrogen-bond donors (Lipinski definition) is 0. The summed E-state index contributed by atoms with van der Waals surface area (Å²) in [5.41, 5.74) is 9.51. The third-order valence-electron chi connectivity index (χ3n) is 9.89. The van der Waals surface area contributed by atoms with E-state index in [1.165, 1.54) is 26.9 Å². The number of benzene rings is 7. The smallest absolute Gasteiger partial charge is 0.160 e. The summed E-state index contributed by atoms with van der Waals surface area (Å²) >= 11 is 0. The predicted octanol–water partition coefficient (Wildman–Crippen LogP) is 12.2. The normalized spacial score (nSPS) is 11.5. The van der Waals surface area contributed by atoms with E-state index in [1.807, 2.05) is 30.3 Å². The van der Waals surface area contributed by atoms with E-state index < -0.39 is 0 Å². The molecular formula is C48H30N4. The topological polar surface area (TPSA) is 51.6 Å². The van der Waals surface area contributed by atoms with Crippen LogP contribution in [-0.2, 0) is 0 Å². The van der Waals surface area contributed by atoms with Gasteiger partial charge in [-0.3, -0.25) is 4.98 Å². The Kier molecular flexibility index (Phi) is 7.10. The number of rotatable bonds is 5. The summed E-state index contributed by atoms with van der Waals surface area (Å²) in [6, 6.07) is 61.3. The molecule has 0 aliphatic carbocycles. The van der Waals surface area contributed by atoms with Crippen LogP contribution < -0.4 is 0 Å². The molecule has 4 heteroatoms. The lowest BCUT2D eigenvalue weighted by atomic mass is 9.89. The highest BCUT2D eigenvalue weighted by Gasteiger charge is 2.19. The molecule has 52 heavy (non-hydrogen) atoms. The van der Waals surface area contributed by atoms with Gasteiger partial charge in [-0.15, -0.1) is 0 Å². The lowest BCUT2D eigenvalue weighted by Gasteiger charge is -2.16. The third-order valence-corrected chi connectivity index (χ3v) is 9.89. The Hall–Kier alpha value is -7.04. The van der Waals surface area contributed by atoms with Crippen LogP contribution in [0, 0.1) is 0 Å². The van der Waals surface area contributed by atoms with E-state index in [2.05, 4.69) is 151 Å². The van der Waals surface area contributed by atoms with Crippen molar-refractivity contribution in [2.75, 3.05) is 0 Å². The van der Waals surface area contributed by atoms with Gasteiger partial charge in [-0.25, -0.2) is 15.0 Å². The first kappa shape index (κ1) is 29.8. The molecular weight excluding hydrogens is 633 g/mol. The molecule has 0 aliphatic heterocycles. The first-order valence-corrected chi connectivity index (χ1v) is 17.5. The van der Waals surface area contributed by atoms with E-state index in [4.69, 9.17) is 15.0 Å². The number of nitrogens with zero attached hydrogens (tertiary/aromatic N) is 4. The van der Waals surface area contributed by atoms with Crippen LogP contribution >= 0.6 is 0 Å². The van der Waals surface area contributed by atoms with Gasteiger partial charge in [-0.05, 0) is 69.1 Å². The summed E-state index contributed by atoms with van der Waals surface area (Å²) in [6.07, 6.45) is 1.80. The zero-order valence-corrected chi connectivity index (χ0v) is 28.1. The van der Waals surface area contributed by atoms with E-state index in [-0.39, 0.29) is 0 Å². The van der Waals surface area contributed by atoms with Crippen molar-refractivity contribution in [1.82, 2.24) is 19.9 Å². The molecule has 0 aliphatic rings. The van der Waals surface area contributed by atoms with Crippen molar-refractivity contribution in [3.05, 3.63) is 182 Å². The second-order valence-electron chi connectivity index (χ2n) is 13.0. The van der Waals surface area contributed by atoms with Gasteiger partial charge in [-0.1, -0.05) is 140 Å². The van der Waals surface area contributed by atoms with Gasteiger partial charge < -0.3 is 0 Å². The van der Waals surface area contributed by atoms with Gasteiger partial charge in [0.25, 0.3) is 0 Å². The van der Waals surface area contributed by atoms with Gasteiger partial charge >= 0.3 is 0 Å². The highest BCUT2D eigenvalue weighted by atomic mass is 14.9. The zero-order valence-electron chi connectivity index (χ0n) is 28.1. The molecule has 10 rings (SSSR count). The van der Waals surface area contributed by atoms with Crippen molar-refractivity contribution in [1.29, 1.82) is 0 Å². The van der Waals surface area contributed by atoms with Crippen LogP contribution in [0.5, 0.6) is 0 Å². The molecule has 4 nitrogen and oxygen atoms in total. The molecule has 242 valence electrons. The van der Waals surface area contributed by atoms with Gasteiger partial charge in [-0.2, -0.15) is 0 Å². The first-order valence-electron chi connectivity index (χ1n) is 17.5. The van der Waals surface area contributed by atoms with Crippen LogP contribution in [0.3, 0.4) is 0 Å². The second kappa shape index (κ2) is 12.4. The Balaban J connectivity index is 1.21. The minimum Gasteiger partial charge on any atom is -0.255 e. The monoisotopic (exact) mass is 662 g/mol. The quantitative estimate of drug-likeness (QED) is 0.172. The van der Waals surface area contributed by atoms with Crippen LogP contribution in [0.1, 0.15) is 0 Å². The fraction of sp³-hybridized carbons (Fsp3) is 0. The molecule has 0 amide bonds. The van der Waals surface area contributed by atoms with E-state index in [0.29, 0.717) is 5.82 Å². The van der Waals surface area contributed by atoms with Crippen LogP contribution in [0.15, 0.2) is 182 Å². The fourth-order valence-corrected chi connectivity index (χ4v) is 7.50. The molecule has 0 unspecified atom stereocenters. The molecule has 0 saturated heterocycles. The van der Waals surface area contributed by atoms with Gasteiger partial charge in [0.15, 0.2) is 5.82 Å². The van der Waals surface area contributed by atoms with E-state index >= 15 is 0 Å². The highest BCUT2D eigenvalue weighted by Crippen LogP contribution is 2.43. The average molecular weight is 663 g/mol. The van der Waals surface area contributed by atoms with Crippen molar-refractivity contribution in [3.8, 4) is 56.4 Å². The van der Waals surface area contributed by atoms with Crippen LogP contribution in [0.25, 0.3) is 99.6 Å². The first-order chi connectivity index (χ1) is 25.8. The Morgan fingerprint density at radius 2 is 0.885 bits per heavy atom. The molecule has 3 aromatic heterocycles. The summed E-state index contributed by atoms with van der Waals surface area (Å²) in [6.45, 7) is 0. The zero-order chi connectivity index (χ0) is 34.4. The van der Waals surface area contributed by atoms with Crippen LogP contribution in [0.4, 0.5) is 0 Å². The molecule has 3 heterocycles. The van der Waals surface area contributed by atoms with Gasteiger partial charge in [0.2, 0.25) is 0 Å². The van der Waals surface area contributed by atoms with Crippen molar-refractivity contribution in [2.45, 2.75) is 0 Å². The molecule has 0 fully saturated rings. The molecule has 0 N–H and O–H groups in total. The molecule has 0 radical (unpaired) electrons. The van der Waals surface area contributed by atoms with Crippen molar-refractivity contribution in [2.24, 2.45) is 0 Å². The number of fused-ring (bicyclic) bond motifs is 8. The minimum absolute atomic E-state index is 0.646. The summed E-state index contributed by atoms with van der Waals surface area (Å²) in [7, 11) is 0. The predicted molar refractivity (Wildman–Crippen MR) is 215 cm³/mol. The largest absolute Gasteiger partial charge is 0.255 e. The Bertz CT molecular complexity index is 2960. The standard InChI is InChI=1S/C48H30N4/c1-2-14-31(15-3-1)32-16-12-19-35(28-32)48-51-43(30-44(52-48)42-26-10-11-27-49-42)33-17-13-18-34(29-33)47-46-39-23-7-5-21-37(39)36-20-4-6-22-38(36)45(46)40-24-8-9-25-41(40)50-47/h1-30H. The van der Waals surface area contributed by atoms with Crippen LogP contribution in [0.2, 0.25) is 0 Å². The van der Waals surface area contributed by atoms with Crippen molar-refractivity contribution < 1.29 is 0 Å². The molecule has 7 aromatic carbocycles. The second-order valence-corrected chi connectivity index (χ2v) is 13.0. The summed E-state index contributed by atoms with van der Waals surface area (Å²) < 4.78 is 0. The molecule has 0 saturated carbocycles. The highest BCUT2D eigenvalue weighted by molar-refractivity contribution is 6.33. The summed E-state index contributed by atoms with van der Waals surface area (Å²) in [5, 5.41) is 8.41. The maximum atomic E-state index is 5.39. The van der Waals surface area contributed by atoms with Crippen molar-refractivity contribution in [3.63, 3.8) is 0 Å². The SMILES string of the molecule is c1ccc(-c2cccc(-c3nc(-c4cccc(-c5nc6ccccc6c6c7ccccc7c7ccccc7c56)c4)cc(-c4ccccn4)n3)c2)cc1. The van der Waals surface area contributed by atoms with Gasteiger partial charge in [0.05, 0.1) is 28.3 Å². The number of pyridine rings is 2. The fourth-order valence-electron chi connectivity index (χ4n) is 7.50. The summed E-state index contributed by atoms with van der Waals surface area (Å²) in [4.78, 5) is 20.3. The van der Waals surface area contributed by atoms with Gasteiger partial charge in [0.1, 0.15) is 0 Å². The Labute approximate surface area is 300 Å².